The molecule has 0 amide bonds. The minimum absolute atomic E-state index is 0.617. The van der Waals surface area contributed by atoms with E-state index in [4.69, 9.17) is 27.6 Å². The highest BCUT2D eigenvalue weighted by molar-refractivity contribution is 6.35. The van der Waals surface area contributed by atoms with E-state index in [0.717, 1.165) is 36.7 Å². The molecule has 0 saturated carbocycles. The molecule has 0 fully saturated rings. The highest BCUT2D eigenvalue weighted by Crippen LogP contribution is 2.28. The van der Waals surface area contributed by atoms with Gasteiger partial charge in [0.15, 0.2) is 5.76 Å². The third-order valence-corrected chi connectivity index (χ3v) is 3.44. The zero-order valence-electron chi connectivity index (χ0n) is 11.7. The predicted molar refractivity (Wildman–Crippen MR) is 82.3 cm³/mol. The molecule has 108 valence electrons. The standard InChI is InChI=1S/C15H18Cl2N2O/c1-19(2)6-5-18-10-14-3-4-15(20-14)11-7-12(16)9-13(17)8-11/h3-4,7-9,18H,5-6,10H2,1-2H3/p+2. The molecular weight excluding hydrogens is 295 g/mol. The van der Waals surface area contributed by atoms with Crippen molar-refractivity contribution in [1.82, 2.24) is 0 Å². The van der Waals surface area contributed by atoms with Crippen LogP contribution in [0.15, 0.2) is 34.7 Å². The van der Waals surface area contributed by atoms with E-state index in [0.29, 0.717) is 10.0 Å². The molecule has 0 radical (unpaired) electrons. The largest absolute Gasteiger partial charge is 0.455 e. The molecular formula is C15H20Cl2N2O+2. The zero-order chi connectivity index (χ0) is 14.5. The van der Waals surface area contributed by atoms with Gasteiger partial charge in [-0.3, -0.25) is 0 Å². The van der Waals surface area contributed by atoms with Crippen molar-refractivity contribution in [3.05, 3.63) is 46.1 Å². The van der Waals surface area contributed by atoms with Crippen LogP contribution in [0.3, 0.4) is 0 Å². The summed E-state index contributed by atoms with van der Waals surface area (Å²) in [5.41, 5.74) is 0.909. The number of quaternary nitrogens is 2. The Balaban J connectivity index is 1.98. The summed E-state index contributed by atoms with van der Waals surface area (Å²) >= 11 is 12.0. The van der Waals surface area contributed by atoms with Crippen LogP contribution in [0.2, 0.25) is 10.0 Å². The Morgan fingerprint density at radius 1 is 1.10 bits per heavy atom. The van der Waals surface area contributed by atoms with Gasteiger partial charge in [-0.15, -0.1) is 0 Å². The average Bonchev–Trinajstić information content (AvgIpc) is 2.82. The van der Waals surface area contributed by atoms with Crippen LogP contribution in [0.1, 0.15) is 5.76 Å². The van der Waals surface area contributed by atoms with Crippen LogP contribution in [0.5, 0.6) is 0 Å². The molecule has 0 bridgehead atoms. The summed E-state index contributed by atoms with van der Waals surface area (Å²) in [6.07, 6.45) is 0. The topological polar surface area (TPSA) is 34.2 Å². The summed E-state index contributed by atoms with van der Waals surface area (Å²) in [5, 5.41) is 3.48. The van der Waals surface area contributed by atoms with Crippen LogP contribution in [0, 0.1) is 0 Å². The maximum Gasteiger partial charge on any atom is 0.158 e. The molecule has 3 N–H and O–H groups in total. The molecule has 2 aromatic rings. The molecule has 0 saturated heterocycles. The highest BCUT2D eigenvalue weighted by atomic mass is 35.5. The van der Waals surface area contributed by atoms with Gasteiger partial charge in [-0.1, -0.05) is 23.2 Å². The van der Waals surface area contributed by atoms with E-state index in [-0.39, 0.29) is 0 Å². The van der Waals surface area contributed by atoms with E-state index in [1.54, 1.807) is 6.07 Å². The summed E-state index contributed by atoms with van der Waals surface area (Å²) in [4.78, 5) is 1.45. The molecule has 0 atom stereocenters. The van der Waals surface area contributed by atoms with Crippen LogP contribution < -0.4 is 10.2 Å². The summed E-state index contributed by atoms with van der Waals surface area (Å²) < 4.78 is 5.83. The number of benzene rings is 1. The van der Waals surface area contributed by atoms with Gasteiger partial charge >= 0.3 is 0 Å². The second-order valence-corrected chi connectivity index (χ2v) is 6.04. The first-order chi connectivity index (χ1) is 9.54. The molecule has 2 rings (SSSR count). The monoisotopic (exact) mass is 314 g/mol. The smallest absolute Gasteiger partial charge is 0.158 e. The van der Waals surface area contributed by atoms with Crippen LogP contribution in [-0.4, -0.2) is 27.2 Å². The lowest BCUT2D eigenvalue weighted by atomic mass is 10.2. The van der Waals surface area contributed by atoms with E-state index in [1.807, 2.05) is 24.3 Å². The minimum Gasteiger partial charge on any atom is -0.455 e. The van der Waals surface area contributed by atoms with Gasteiger partial charge in [0.2, 0.25) is 0 Å². The van der Waals surface area contributed by atoms with Gasteiger partial charge in [-0.2, -0.15) is 0 Å². The van der Waals surface area contributed by atoms with E-state index in [1.165, 1.54) is 4.90 Å². The average molecular weight is 315 g/mol. The molecule has 20 heavy (non-hydrogen) atoms. The van der Waals surface area contributed by atoms with E-state index < -0.39 is 0 Å². The second kappa shape index (κ2) is 7.14. The molecule has 0 aliphatic heterocycles. The third-order valence-electron chi connectivity index (χ3n) is 3.00. The van der Waals surface area contributed by atoms with Crippen molar-refractivity contribution in [1.29, 1.82) is 0 Å². The van der Waals surface area contributed by atoms with Crippen molar-refractivity contribution in [2.45, 2.75) is 6.54 Å². The van der Waals surface area contributed by atoms with Gasteiger partial charge in [0.25, 0.3) is 0 Å². The van der Waals surface area contributed by atoms with Crippen LogP contribution >= 0.6 is 23.2 Å². The molecule has 0 unspecified atom stereocenters. The maximum absolute atomic E-state index is 6.00. The molecule has 1 aromatic carbocycles. The van der Waals surface area contributed by atoms with Crippen LogP contribution in [0.25, 0.3) is 11.3 Å². The number of nitrogens with one attached hydrogen (secondary N) is 1. The first-order valence-electron chi connectivity index (χ1n) is 6.70. The van der Waals surface area contributed by atoms with Crippen molar-refractivity contribution >= 4 is 23.2 Å². The minimum atomic E-state index is 0.617. The van der Waals surface area contributed by atoms with E-state index >= 15 is 0 Å². The fraction of sp³-hybridized carbons (Fsp3) is 0.333. The Morgan fingerprint density at radius 3 is 2.45 bits per heavy atom. The lowest BCUT2D eigenvalue weighted by molar-refractivity contribution is -0.875. The molecule has 3 nitrogen and oxygen atoms in total. The summed E-state index contributed by atoms with van der Waals surface area (Å²) in [7, 11) is 4.31. The SMILES string of the molecule is C[NH+](C)CC[NH2+]Cc1ccc(-c2cc(Cl)cc(Cl)c2)o1. The predicted octanol–water partition coefficient (Wildman–Crippen LogP) is 1.46. The van der Waals surface area contributed by atoms with Crippen LogP contribution in [-0.2, 0) is 6.54 Å². The Kier molecular flexibility index (Phi) is 5.49. The normalized spacial score (nSPS) is 11.2. The van der Waals surface area contributed by atoms with Crippen molar-refractivity contribution in [3.8, 4) is 11.3 Å². The number of nitrogens with two attached hydrogens (primary N) is 1. The molecule has 0 spiro atoms. The molecule has 5 heteroatoms. The van der Waals surface area contributed by atoms with Crippen molar-refractivity contribution in [2.24, 2.45) is 0 Å². The lowest BCUT2D eigenvalue weighted by Crippen LogP contribution is -3.09. The fourth-order valence-corrected chi connectivity index (χ4v) is 2.50. The fourth-order valence-electron chi connectivity index (χ4n) is 1.97. The summed E-state index contributed by atoms with van der Waals surface area (Å²) in [6.45, 7) is 3.07. The van der Waals surface area contributed by atoms with Gasteiger partial charge in [0, 0.05) is 15.6 Å². The molecule has 0 aliphatic rings. The number of hydrogen-bond donors (Lipinski definition) is 2. The lowest BCUT2D eigenvalue weighted by Gasteiger charge is -2.05. The van der Waals surface area contributed by atoms with Gasteiger partial charge in [0.05, 0.1) is 14.1 Å². The quantitative estimate of drug-likeness (QED) is 0.778. The molecule has 1 aromatic heterocycles. The Bertz CT molecular complexity index is 547. The maximum atomic E-state index is 6.00. The van der Waals surface area contributed by atoms with Gasteiger partial charge in [-0.05, 0) is 30.3 Å². The molecule has 0 aliphatic carbocycles. The number of halogens is 2. The first kappa shape index (κ1) is 15.4. The summed E-state index contributed by atoms with van der Waals surface area (Å²) in [5.74, 6) is 1.76. The molecule has 1 heterocycles. The first-order valence-corrected chi connectivity index (χ1v) is 7.46. The summed E-state index contributed by atoms with van der Waals surface area (Å²) in [6, 6.07) is 9.39. The van der Waals surface area contributed by atoms with Gasteiger partial charge < -0.3 is 14.6 Å². The van der Waals surface area contributed by atoms with Gasteiger partial charge in [-0.25, -0.2) is 0 Å². The van der Waals surface area contributed by atoms with E-state index in [2.05, 4.69) is 19.4 Å². The second-order valence-electron chi connectivity index (χ2n) is 5.16. The Hall–Kier alpha value is -1.00. The number of furan rings is 1. The number of likely N-dealkylation sites (N-methyl/N-ethyl adjacent to an activating group) is 1. The van der Waals surface area contributed by atoms with Gasteiger partial charge in [0.1, 0.15) is 25.4 Å². The highest BCUT2D eigenvalue weighted by Gasteiger charge is 2.08. The Labute approximate surface area is 129 Å². The third kappa shape index (κ3) is 4.53. The van der Waals surface area contributed by atoms with Crippen molar-refractivity contribution in [3.63, 3.8) is 0 Å². The zero-order valence-corrected chi connectivity index (χ0v) is 13.3. The van der Waals surface area contributed by atoms with Crippen molar-refractivity contribution < 1.29 is 14.6 Å². The van der Waals surface area contributed by atoms with Crippen LogP contribution in [0.4, 0.5) is 0 Å². The Morgan fingerprint density at radius 2 is 1.80 bits per heavy atom. The number of rotatable bonds is 6. The van der Waals surface area contributed by atoms with Crippen molar-refractivity contribution in [2.75, 3.05) is 27.2 Å². The number of hydrogen-bond acceptors (Lipinski definition) is 1. The van der Waals surface area contributed by atoms with E-state index in [9.17, 15) is 0 Å².